The fourth-order valence-corrected chi connectivity index (χ4v) is 1.31. The van der Waals surface area contributed by atoms with Gasteiger partial charge in [0.1, 0.15) is 0 Å². The maximum absolute atomic E-state index is 5.42. The third-order valence-corrected chi connectivity index (χ3v) is 2.20. The Morgan fingerprint density at radius 1 is 1.00 bits per heavy atom. The average Bonchev–Trinajstić information content (AvgIpc) is 2.20. The Morgan fingerprint density at radius 3 is 2.47 bits per heavy atom. The number of methoxy groups -OCH3 is 1. The van der Waals surface area contributed by atoms with Crippen molar-refractivity contribution in [2.45, 2.75) is 33.1 Å². The molecule has 0 aliphatic carbocycles. The van der Waals surface area contributed by atoms with E-state index in [1.165, 1.54) is 12.8 Å². The van der Waals surface area contributed by atoms with E-state index in [9.17, 15) is 0 Å². The first kappa shape index (κ1) is 14.9. The average molecular weight is 217 g/mol. The van der Waals surface area contributed by atoms with Crippen molar-refractivity contribution in [3.63, 3.8) is 0 Å². The van der Waals surface area contributed by atoms with Gasteiger partial charge in [0.15, 0.2) is 0 Å². The van der Waals surface area contributed by atoms with E-state index in [4.69, 9.17) is 9.47 Å². The summed E-state index contributed by atoms with van der Waals surface area (Å²) in [5, 5.41) is 3.38. The zero-order valence-corrected chi connectivity index (χ0v) is 10.6. The van der Waals surface area contributed by atoms with Gasteiger partial charge in [-0.2, -0.15) is 0 Å². The molecule has 1 N–H and O–H groups in total. The Hall–Kier alpha value is -0.120. The van der Waals surface area contributed by atoms with Crippen molar-refractivity contribution in [2.24, 2.45) is 5.92 Å². The third kappa shape index (κ3) is 13.9. The lowest BCUT2D eigenvalue weighted by molar-refractivity contribution is 0.104. The van der Waals surface area contributed by atoms with Gasteiger partial charge in [0.2, 0.25) is 0 Å². The molecule has 3 nitrogen and oxygen atoms in total. The van der Waals surface area contributed by atoms with E-state index in [-0.39, 0.29) is 0 Å². The van der Waals surface area contributed by atoms with Crippen LogP contribution in [-0.4, -0.2) is 40.0 Å². The maximum Gasteiger partial charge on any atom is 0.0590 e. The number of nitrogens with one attached hydrogen (secondary N) is 1. The zero-order valence-electron chi connectivity index (χ0n) is 10.6. The van der Waals surface area contributed by atoms with E-state index in [0.29, 0.717) is 0 Å². The van der Waals surface area contributed by atoms with Crippen LogP contribution < -0.4 is 5.32 Å². The van der Waals surface area contributed by atoms with Crippen LogP contribution in [0.15, 0.2) is 0 Å². The maximum atomic E-state index is 5.42. The SMILES string of the molecule is COCCCOCCNCCCC(C)C. The highest BCUT2D eigenvalue weighted by Crippen LogP contribution is 2.01. The van der Waals surface area contributed by atoms with Gasteiger partial charge in [-0.25, -0.2) is 0 Å². The summed E-state index contributed by atoms with van der Waals surface area (Å²) in [5.74, 6) is 0.817. The lowest BCUT2D eigenvalue weighted by Gasteiger charge is -2.07. The zero-order chi connectivity index (χ0) is 11.4. The Kier molecular flexibility index (Phi) is 11.9. The third-order valence-electron chi connectivity index (χ3n) is 2.20. The molecule has 0 aromatic carbocycles. The molecular formula is C12H27NO2. The molecule has 0 amide bonds. The Balaban J connectivity index is 2.87. The molecule has 0 atom stereocenters. The summed E-state index contributed by atoms with van der Waals surface area (Å²) in [6.07, 6.45) is 3.56. The van der Waals surface area contributed by atoms with Crippen molar-refractivity contribution >= 4 is 0 Å². The van der Waals surface area contributed by atoms with Crippen LogP contribution in [0.3, 0.4) is 0 Å². The van der Waals surface area contributed by atoms with Crippen LogP contribution in [0.25, 0.3) is 0 Å². The van der Waals surface area contributed by atoms with Crippen molar-refractivity contribution in [1.82, 2.24) is 5.32 Å². The molecule has 0 fully saturated rings. The molecule has 92 valence electrons. The fourth-order valence-electron chi connectivity index (χ4n) is 1.31. The minimum Gasteiger partial charge on any atom is -0.385 e. The summed E-state index contributed by atoms with van der Waals surface area (Å²) in [5.41, 5.74) is 0. The van der Waals surface area contributed by atoms with E-state index in [2.05, 4.69) is 19.2 Å². The Bertz CT molecular complexity index is 118. The topological polar surface area (TPSA) is 30.5 Å². The van der Waals surface area contributed by atoms with Crippen molar-refractivity contribution < 1.29 is 9.47 Å². The van der Waals surface area contributed by atoms with Gasteiger partial charge >= 0.3 is 0 Å². The van der Waals surface area contributed by atoms with E-state index >= 15 is 0 Å². The van der Waals surface area contributed by atoms with Gasteiger partial charge < -0.3 is 14.8 Å². The summed E-state index contributed by atoms with van der Waals surface area (Å²) in [6, 6.07) is 0. The quantitative estimate of drug-likeness (QED) is 0.537. The van der Waals surface area contributed by atoms with E-state index in [1.807, 2.05) is 0 Å². The normalized spacial score (nSPS) is 11.2. The van der Waals surface area contributed by atoms with Crippen LogP contribution >= 0.6 is 0 Å². The van der Waals surface area contributed by atoms with Crippen LogP contribution in [0.4, 0.5) is 0 Å². The molecule has 0 aromatic rings. The smallest absolute Gasteiger partial charge is 0.0590 e. The molecular weight excluding hydrogens is 190 g/mol. The molecule has 0 bridgehead atoms. The first-order valence-electron chi connectivity index (χ1n) is 6.04. The summed E-state index contributed by atoms with van der Waals surface area (Å²) in [4.78, 5) is 0. The highest BCUT2D eigenvalue weighted by Gasteiger charge is 1.93. The summed E-state index contributed by atoms with van der Waals surface area (Å²) < 4.78 is 10.3. The second-order valence-corrected chi connectivity index (χ2v) is 4.24. The standard InChI is InChI=1S/C12H27NO2/c1-12(2)6-4-7-13-8-11-15-10-5-9-14-3/h12-13H,4-11H2,1-3H3. The highest BCUT2D eigenvalue weighted by molar-refractivity contribution is 4.50. The molecule has 0 unspecified atom stereocenters. The van der Waals surface area contributed by atoms with Crippen molar-refractivity contribution in [3.8, 4) is 0 Å². The van der Waals surface area contributed by atoms with Gasteiger partial charge in [-0.3, -0.25) is 0 Å². The number of rotatable bonds is 11. The number of hydrogen-bond acceptors (Lipinski definition) is 3. The molecule has 0 aliphatic heterocycles. The van der Waals surface area contributed by atoms with Gasteiger partial charge in [0, 0.05) is 26.9 Å². The Morgan fingerprint density at radius 2 is 1.80 bits per heavy atom. The van der Waals surface area contributed by atoms with Gasteiger partial charge in [-0.05, 0) is 31.7 Å². The number of ether oxygens (including phenoxy) is 2. The largest absolute Gasteiger partial charge is 0.385 e. The van der Waals surface area contributed by atoms with Crippen LogP contribution in [-0.2, 0) is 9.47 Å². The minimum absolute atomic E-state index is 0.793. The fraction of sp³-hybridized carbons (Fsp3) is 1.00. The summed E-state index contributed by atoms with van der Waals surface area (Å²) in [7, 11) is 1.72. The summed E-state index contributed by atoms with van der Waals surface area (Å²) >= 11 is 0. The van der Waals surface area contributed by atoms with Crippen LogP contribution in [0, 0.1) is 5.92 Å². The first-order chi connectivity index (χ1) is 7.27. The highest BCUT2D eigenvalue weighted by atomic mass is 16.5. The van der Waals surface area contributed by atoms with Crippen LogP contribution in [0.5, 0.6) is 0 Å². The molecule has 3 heteroatoms. The Labute approximate surface area is 94.5 Å². The van der Waals surface area contributed by atoms with E-state index < -0.39 is 0 Å². The second kappa shape index (κ2) is 12.0. The number of hydrogen-bond donors (Lipinski definition) is 1. The van der Waals surface area contributed by atoms with Gasteiger partial charge in [0.05, 0.1) is 6.61 Å². The first-order valence-corrected chi connectivity index (χ1v) is 6.04. The molecule has 0 saturated carbocycles. The van der Waals surface area contributed by atoms with Crippen LogP contribution in [0.1, 0.15) is 33.1 Å². The van der Waals surface area contributed by atoms with Crippen molar-refractivity contribution in [3.05, 3.63) is 0 Å². The molecule has 0 rings (SSSR count). The van der Waals surface area contributed by atoms with Gasteiger partial charge in [-0.1, -0.05) is 13.8 Å². The minimum atomic E-state index is 0.793. The predicted molar refractivity (Wildman–Crippen MR) is 64.3 cm³/mol. The van der Waals surface area contributed by atoms with Gasteiger partial charge in [0.25, 0.3) is 0 Å². The summed E-state index contributed by atoms with van der Waals surface area (Å²) in [6.45, 7) is 9.01. The molecule has 15 heavy (non-hydrogen) atoms. The van der Waals surface area contributed by atoms with Gasteiger partial charge in [-0.15, -0.1) is 0 Å². The lowest BCUT2D eigenvalue weighted by atomic mass is 10.1. The van der Waals surface area contributed by atoms with Crippen molar-refractivity contribution in [1.29, 1.82) is 0 Å². The van der Waals surface area contributed by atoms with E-state index in [1.54, 1.807) is 7.11 Å². The molecule has 0 heterocycles. The van der Waals surface area contributed by atoms with Crippen molar-refractivity contribution in [2.75, 3.05) is 40.0 Å². The molecule has 0 aliphatic rings. The van der Waals surface area contributed by atoms with Crippen LogP contribution in [0.2, 0.25) is 0 Å². The molecule has 0 aromatic heterocycles. The second-order valence-electron chi connectivity index (χ2n) is 4.24. The molecule has 0 radical (unpaired) electrons. The lowest BCUT2D eigenvalue weighted by Crippen LogP contribution is -2.21. The predicted octanol–water partition coefficient (Wildman–Crippen LogP) is 2.07. The van der Waals surface area contributed by atoms with E-state index in [0.717, 1.165) is 45.2 Å². The monoisotopic (exact) mass is 217 g/mol. The molecule has 0 saturated heterocycles. The molecule has 0 spiro atoms.